The van der Waals surface area contributed by atoms with Crippen LogP contribution in [0.4, 0.5) is 0 Å². The summed E-state index contributed by atoms with van der Waals surface area (Å²) in [6.07, 6.45) is 2.37. The first-order chi connectivity index (χ1) is 3.31. The second kappa shape index (κ2) is 3.42. The van der Waals surface area contributed by atoms with Gasteiger partial charge in [-0.25, -0.2) is 0 Å². The molecule has 0 rings (SSSR count). The summed E-state index contributed by atoms with van der Waals surface area (Å²) in [4.78, 5) is 0. The maximum Gasteiger partial charge on any atom is 0.0627 e. The van der Waals surface area contributed by atoms with Crippen LogP contribution in [0.5, 0.6) is 0 Å². The number of hydrogen-bond acceptors (Lipinski definition) is 1. The number of nitrogens with zero attached hydrogens (tertiary/aromatic N) is 1. The van der Waals surface area contributed by atoms with Crippen LogP contribution in [0.3, 0.4) is 0 Å². The van der Waals surface area contributed by atoms with Crippen molar-refractivity contribution in [3.05, 3.63) is 12.7 Å². The Balaban J connectivity index is 3.21. The molecule has 0 aromatic heterocycles. The van der Waals surface area contributed by atoms with Crippen LogP contribution < -0.4 is 0 Å². The van der Waals surface area contributed by atoms with Gasteiger partial charge in [-0.15, -0.1) is 6.58 Å². The first kappa shape index (κ1) is 6.23. The van der Waals surface area contributed by atoms with Crippen LogP contribution in [0.2, 0.25) is 0 Å². The topological polar surface area (TPSA) is 23.8 Å². The summed E-state index contributed by atoms with van der Waals surface area (Å²) in [7, 11) is 0. The van der Waals surface area contributed by atoms with E-state index in [-0.39, 0.29) is 0 Å². The monoisotopic (exact) mass is 95.1 g/mol. The normalized spacial score (nSPS) is 12.0. The zero-order chi connectivity index (χ0) is 5.70. The van der Waals surface area contributed by atoms with Crippen LogP contribution in [-0.2, 0) is 0 Å². The number of rotatable bonds is 2. The number of hydrogen-bond donors (Lipinski definition) is 0. The van der Waals surface area contributed by atoms with Gasteiger partial charge in [0.1, 0.15) is 0 Å². The highest BCUT2D eigenvalue weighted by atomic mass is 14.2. The summed E-state index contributed by atoms with van der Waals surface area (Å²) < 4.78 is 0. The third-order valence-electron chi connectivity index (χ3n) is 0.816. The number of allylic oxidation sites excluding steroid dienone is 1. The third kappa shape index (κ3) is 3.05. The lowest BCUT2D eigenvalue weighted by atomic mass is 10.1. The summed E-state index contributed by atoms with van der Waals surface area (Å²) in [5.41, 5.74) is 0. The lowest BCUT2D eigenvalue weighted by Gasteiger charge is -1.91. The predicted molar refractivity (Wildman–Crippen MR) is 29.6 cm³/mol. The van der Waals surface area contributed by atoms with Crippen molar-refractivity contribution >= 4 is 0 Å². The molecule has 0 N–H and O–H groups in total. The second-order valence-electron chi connectivity index (χ2n) is 1.58. The Kier molecular flexibility index (Phi) is 3.04. The van der Waals surface area contributed by atoms with E-state index >= 15 is 0 Å². The largest absolute Gasteiger partial charge is 0.198 e. The Morgan fingerprint density at radius 3 is 2.71 bits per heavy atom. The molecular weight excluding hydrogens is 86.1 g/mol. The van der Waals surface area contributed by atoms with Gasteiger partial charge in [-0.05, 0) is 5.92 Å². The van der Waals surface area contributed by atoms with E-state index in [9.17, 15) is 0 Å². The molecule has 0 aliphatic heterocycles. The quantitative estimate of drug-likeness (QED) is 0.479. The molecule has 1 heteroatoms. The minimum atomic E-state index is 0.352. The van der Waals surface area contributed by atoms with E-state index in [2.05, 4.69) is 6.58 Å². The van der Waals surface area contributed by atoms with Crippen LogP contribution >= 0.6 is 0 Å². The third-order valence-corrected chi connectivity index (χ3v) is 0.816. The van der Waals surface area contributed by atoms with E-state index in [0.29, 0.717) is 12.3 Å². The van der Waals surface area contributed by atoms with Crippen molar-refractivity contribution in [2.45, 2.75) is 13.3 Å². The van der Waals surface area contributed by atoms with Crippen molar-refractivity contribution in [3.63, 3.8) is 0 Å². The van der Waals surface area contributed by atoms with E-state index in [0.717, 1.165) is 0 Å². The molecule has 0 aliphatic carbocycles. The van der Waals surface area contributed by atoms with E-state index in [1.165, 1.54) is 0 Å². The molecule has 0 aromatic rings. The smallest absolute Gasteiger partial charge is 0.0627 e. The molecule has 0 saturated heterocycles. The molecule has 0 amide bonds. The van der Waals surface area contributed by atoms with Crippen molar-refractivity contribution in [1.29, 1.82) is 5.26 Å². The lowest BCUT2D eigenvalue weighted by Crippen LogP contribution is -1.82. The Morgan fingerprint density at radius 1 is 2.00 bits per heavy atom. The van der Waals surface area contributed by atoms with E-state index in [1.54, 1.807) is 6.08 Å². The molecule has 1 nitrogen and oxygen atoms in total. The van der Waals surface area contributed by atoms with Crippen LogP contribution in [-0.4, -0.2) is 0 Å². The highest BCUT2D eigenvalue weighted by Crippen LogP contribution is 1.98. The highest BCUT2D eigenvalue weighted by molar-refractivity contribution is 4.83. The van der Waals surface area contributed by atoms with Gasteiger partial charge < -0.3 is 0 Å². The van der Waals surface area contributed by atoms with Gasteiger partial charge in [-0.1, -0.05) is 13.0 Å². The van der Waals surface area contributed by atoms with Gasteiger partial charge in [0.15, 0.2) is 0 Å². The molecule has 1 atom stereocenters. The Bertz CT molecular complexity index is 88.8. The maximum absolute atomic E-state index is 8.07. The van der Waals surface area contributed by atoms with E-state index in [4.69, 9.17) is 5.26 Å². The van der Waals surface area contributed by atoms with Gasteiger partial charge in [0, 0.05) is 6.42 Å². The van der Waals surface area contributed by atoms with Gasteiger partial charge in [-0.2, -0.15) is 5.26 Å². The molecule has 0 saturated carbocycles. The maximum atomic E-state index is 8.07. The molecule has 0 bridgehead atoms. The molecule has 1 unspecified atom stereocenters. The van der Waals surface area contributed by atoms with E-state index in [1.807, 2.05) is 13.0 Å². The van der Waals surface area contributed by atoms with E-state index < -0.39 is 0 Å². The molecule has 7 heavy (non-hydrogen) atoms. The highest BCUT2D eigenvalue weighted by Gasteiger charge is 1.89. The second-order valence-corrected chi connectivity index (χ2v) is 1.58. The first-order valence-electron chi connectivity index (χ1n) is 2.30. The van der Waals surface area contributed by atoms with Gasteiger partial charge in [0.25, 0.3) is 0 Å². The predicted octanol–water partition coefficient (Wildman–Crippen LogP) is 1.72. The molecule has 0 fully saturated rings. The van der Waals surface area contributed by atoms with Crippen LogP contribution in [0.1, 0.15) is 13.3 Å². The van der Waals surface area contributed by atoms with Crippen LogP contribution in [0, 0.1) is 17.2 Å². The van der Waals surface area contributed by atoms with Crippen molar-refractivity contribution < 1.29 is 0 Å². The van der Waals surface area contributed by atoms with Crippen molar-refractivity contribution in [1.82, 2.24) is 0 Å². The number of nitriles is 1. The van der Waals surface area contributed by atoms with Crippen LogP contribution in [0.15, 0.2) is 12.7 Å². The average Bonchev–Trinajstić information content (AvgIpc) is 1.68. The zero-order valence-electron chi connectivity index (χ0n) is 4.52. The molecule has 0 heterocycles. The van der Waals surface area contributed by atoms with Crippen molar-refractivity contribution in [2.24, 2.45) is 5.92 Å². The minimum absolute atomic E-state index is 0.352. The first-order valence-corrected chi connectivity index (χ1v) is 2.30. The zero-order valence-corrected chi connectivity index (χ0v) is 4.52. The fourth-order valence-electron chi connectivity index (χ4n) is 0.227. The molecular formula is C6H9N. The fraction of sp³-hybridized carbons (Fsp3) is 0.500. The summed E-state index contributed by atoms with van der Waals surface area (Å²) in [5.74, 6) is 0.352. The summed E-state index contributed by atoms with van der Waals surface area (Å²) in [5, 5.41) is 8.07. The molecule has 0 spiro atoms. The summed E-state index contributed by atoms with van der Waals surface area (Å²) in [6.45, 7) is 5.50. The van der Waals surface area contributed by atoms with Gasteiger partial charge >= 0.3 is 0 Å². The average molecular weight is 95.1 g/mol. The SMILES string of the molecule is C=CC(C)CC#N. The molecule has 0 aromatic carbocycles. The summed E-state index contributed by atoms with van der Waals surface area (Å²) in [6, 6.07) is 2.05. The Labute approximate surface area is 44.3 Å². The minimum Gasteiger partial charge on any atom is -0.198 e. The lowest BCUT2D eigenvalue weighted by molar-refractivity contribution is 0.755. The van der Waals surface area contributed by atoms with Gasteiger partial charge in [0.05, 0.1) is 6.07 Å². The standard InChI is InChI=1S/C6H9N/c1-3-6(2)4-5-7/h3,6H,1,4H2,2H3. The Hall–Kier alpha value is -0.770. The van der Waals surface area contributed by atoms with Gasteiger partial charge in [-0.3, -0.25) is 0 Å². The molecule has 0 aliphatic rings. The van der Waals surface area contributed by atoms with Crippen molar-refractivity contribution in [3.8, 4) is 6.07 Å². The summed E-state index contributed by atoms with van der Waals surface area (Å²) >= 11 is 0. The fourth-order valence-corrected chi connectivity index (χ4v) is 0.227. The van der Waals surface area contributed by atoms with Crippen LogP contribution in [0.25, 0.3) is 0 Å². The molecule has 0 radical (unpaired) electrons. The Morgan fingerprint density at radius 2 is 2.57 bits per heavy atom. The molecule has 38 valence electrons. The van der Waals surface area contributed by atoms with Gasteiger partial charge in [0.2, 0.25) is 0 Å². The van der Waals surface area contributed by atoms with Crippen molar-refractivity contribution in [2.75, 3.05) is 0 Å².